The van der Waals surface area contributed by atoms with E-state index in [1.54, 1.807) is 24.3 Å². The van der Waals surface area contributed by atoms with Crippen molar-refractivity contribution in [1.82, 2.24) is 5.43 Å². The Labute approximate surface area is 165 Å². The third kappa shape index (κ3) is 5.98. The van der Waals surface area contributed by atoms with Crippen LogP contribution in [0.2, 0.25) is 5.02 Å². The van der Waals surface area contributed by atoms with Gasteiger partial charge in [-0.1, -0.05) is 11.6 Å². The number of hydrogen-bond donors (Lipinski definition) is 2. The molecule has 1 amide bonds. The van der Waals surface area contributed by atoms with E-state index in [4.69, 9.17) is 11.6 Å². The van der Waals surface area contributed by atoms with Gasteiger partial charge < -0.3 is 5.11 Å². The smallest absolute Gasteiger partial charge is 0.250 e. The highest BCUT2D eigenvalue weighted by Crippen LogP contribution is 2.29. The Morgan fingerprint density at radius 3 is 2.74 bits per heavy atom. The normalized spacial score (nSPS) is 10.9. The quantitative estimate of drug-likeness (QED) is 0.259. The van der Waals surface area contributed by atoms with Crippen LogP contribution in [0.4, 0.5) is 0 Å². The van der Waals surface area contributed by atoms with Gasteiger partial charge in [-0.2, -0.15) is 5.10 Å². The predicted octanol–water partition coefficient (Wildman–Crippen LogP) is 4.66. The van der Waals surface area contributed by atoms with E-state index in [-0.39, 0.29) is 17.4 Å². The van der Waals surface area contributed by atoms with Crippen LogP contribution < -0.4 is 5.43 Å². The second-order valence-electron chi connectivity index (χ2n) is 4.37. The first-order chi connectivity index (χ1) is 11.0. The minimum atomic E-state index is -0.200. The highest BCUT2D eigenvalue weighted by molar-refractivity contribution is 14.1. The minimum Gasteiger partial charge on any atom is -0.506 e. The fourth-order valence-corrected chi connectivity index (χ4v) is 3.87. The number of nitrogens with one attached hydrogen (secondary N) is 1. The minimum absolute atomic E-state index is 0.186. The van der Waals surface area contributed by atoms with Gasteiger partial charge in [0.05, 0.1) is 20.0 Å². The number of benzene rings is 2. The molecule has 0 fully saturated rings. The van der Waals surface area contributed by atoms with E-state index in [0.717, 1.165) is 10.5 Å². The molecule has 0 unspecified atom stereocenters. The molecule has 0 heterocycles. The van der Waals surface area contributed by atoms with Gasteiger partial charge in [0.25, 0.3) is 0 Å². The number of rotatable bonds is 5. The Kier molecular flexibility index (Phi) is 7.19. The molecule has 8 heteroatoms. The van der Waals surface area contributed by atoms with Crippen molar-refractivity contribution in [3.63, 3.8) is 0 Å². The summed E-state index contributed by atoms with van der Waals surface area (Å²) in [6.07, 6.45) is 1.53. The lowest BCUT2D eigenvalue weighted by Crippen LogP contribution is -2.19. The van der Waals surface area contributed by atoms with Crippen LogP contribution in [0.15, 0.2) is 50.9 Å². The number of aromatic hydroxyl groups is 1. The zero-order valence-corrected chi connectivity index (χ0v) is 16.9. The summed E-state index contributed by atoms with van der Waals surface area (Å²) in [5.74, 6) is 0.246. The molecule has 120 valence electrons. The van der Waals surface area contributed by atoms with Crippen LogP contribution in [0.1, 0.15) is 5.56 Å². The SMILES string of the molecule is O=C(CSc1ccc(Cl)cc1)N/N=C\c1cc(Br)c(O)c(I)c1. The summed E-state index contributed by atoms with van der Waals surface area (Å²) in [5.41, 5.74) is 3.24. The van der Waals surface area contributed by atoms with Crippen molar-refractivity contribution in [3.8, 4) is 5.75 Å². The van der Waals surface area contributed by atoms with Gasteiger partial charge in [-0.05, 0) is 80.5 Å². The average molecular weight is 526 g/mol. The number of nitrogens with zero attached hydrogens (tertiary/aromatic N) is 1. The summed E-state index contributed by atoms with van der Waals surface area (Å²) in [6.45, 7) is 0. The maximum absolute atomic E-state index is 11.7. The van der Waals surface area contributed by atoms with E-state index in [2.05, 4.69) is 26.5 Å². The van der Waals surface area contributed by atoms with Gasteiger partial charge in [-0.3, -0.25) is 4.79 Å². The lowest BCUT2D eigenvalue weighted by atomic mass is 10.2. The summed E-state index contributed by atoms with van der Waals surface area (Å²) in [4.78, 5) is 12.7. The van der Waals surface area contributed by atoms with Crippen LogP contribution in [0, 0.1) is 3.57 Å². The first-order valence-corrected chi connectivity index (χ1v) is 9.57. The first kappa shape index (κ1) is 18.6. The Morgan fingerprint density at radius 2 is 2.09 bits per heavy atom. The van der Waals surface area contributed by atoms with E-state index in [9.17, 15) is 9.90 Å². The number of hydrogen-bond acceptors (Lipinski definition) is 4. The number of phenolic OH excluding ortho intramolecular Hbond substituents is 1. The number of amides is 1. The van der Waals surface area contributed by atoms with Gasteiger partial charge in [-0.25, -0.2) is 5.43 Å². The fraction of sp³-hybridized carbons (Fsp3) is 0.0667. The standard InChI is InChI=1S/C15H11BrClIN2O2S/c16-12-5-9(6-13(18)15(12)22)7-19-20-14(21)8-23-11-3-1-10(17)2-4-11/h1-7,22H,8H2,(H,20,21)/b19-7-. The van der Waals surface area contributed by atoms with Crippen molar-refractivity contribution >= 4 is 74.0 Å². The molecule has 0 aromatic heterocycles. The lowest BCUT2D eigenvalue weighted by Gasteiger charge is -2.03. The Hall–Kier alpha value is -0.770. The second-order valence-corrected chi connectivity index (χ2v) is 7.87. The Bertz CT molecular complexity index is 718. The summed E-state index contributed by atoms with van der Waals surface area (Å²) in [7, 11) is 0. The fourth-order valence-electron chi connectivity index (χ4n) is 1.55. The van der Waals surface area contributed by atoms with Gasteiger partial charge in [0.1, 0.15) is 5.75 Å². The highest BCUT2D eigenvalue weighted by Gasteiger charge is 2.05. The Morgan fingerprint density at radius 1 is 1.39 bits per heavy atom. The van der Waals surface area contributed by atoms with Crippen molar-refractivity contribution in [3.05, 3.63) is 55.0 Å². The molecular formula is C15H11BrClIN2O2S. The van der Waals surface area contributed by atoms with Gasteiger partial charge in [0, 0.05) is 9.92 Å². The molecule has 0 aliphatic rings. The van der Waals surface area contributed by atoms with Crippen LogP contribution in [0.3, 0.4) is 0 Å². The third-order valence-corrected chi connectivity index (χ3v) is 5.32. The summed E-state index contributed by atoms with van der Waals surface area (Å²) >= 11 is 12.5. The van der Waals surface area contributed by atoms with Crippen LogP contribution in [0.5, 0.6) is 5.75 Å². The topological polar surface area (TPSA) is 61.7 Å². The number of phenols is 1. The van der Waals surface area contributed by atoms with E-state index in [1.807, 2.05) is 34.7 Å². The molecule has 4 nitrogen and oxygen atoms in total. The maximum Gasteiger partial charge on any atom is 0.250 e. The van der Waals surface area contributed by atoms with Crippen molar-refractivity contribution in [2.75, 3.05) is 5.75 Å². The number of halogens is 3. The van der Waals surface area contributed by atoms with Gasteiger partial charge in [0.2, 0.25) is 5.91 Å². The molecule has 0 aliphatic heterocycles. The van der Waals surface area contributed by atoms with Crippen LogP contribution in [-0.4, -0.2) is 23.0 Å². The number of thioether (sulfide) groups is 1. The molecule has 23 heavy (non-hydrogen) atoms. The zero-order valence-electron chi connectivity index (χ0n) is 11.6. The largest absolute Gasteiger partial charge is 0.506 e. The lowest BCUT2D eigenvalue weighted by molar-refractivity contribution is -0.118. The molecule has 2 rings (SSSR count). The molecule has 0 atom stereocenters. The molecule has 2 aromatic carbocycles. The van der Waals surface area contributed by atoms with Gasteiger partial charge >= 0.3 is 0 Å². The van der Waals surface area contributed by atoms with E-state index in [1.165, 1.54) is 18.0 Å². The highest BCUT2D eigenvalue weighted by atomic mass is 127. The molecule has 0 spiro atoms. The predicted molar refractivity (Wildman–Crippen MR) is 106 cm³/mol. The van der Waals surface area contributed by atoms with E-state index < -0.39 is 0 Å². The first-order valence-electron chi connectivity index (χ1n) is 6.34. The summed E-state index contributed by atoms with van der Waals surface area (Å²) in [5, 5.41) is 14.2. The number of carbonyl (C=O) groups is 1. The molecular weight excluding hydrogens is 515 g/mol. The van der Waals surface area contributed by atoms with Crippen LogP contribution >= 0.6 is 61.9 Å². The van der Waals surface area contributed by atoms with Gasteiger partial charge in [-0.15, -0.1) is 11.8 Å². The second kappa shape index (κ2) is 8.91. The average Bonchev–Trinajstić information content (AvgIpc) is 2.52. The molecule has 0 aliphatic carbocycles. The van der Waals surface area contributed by atoms with Gasteiger partial charge in [0.15, 0.2) is 0 Å². The number of carbonyl (C=O) groups excluding carboxylic acids is 1. The summed E-state index contributed by atoms with van der Waals surface area (Å²) < 4.78 is 1.28. The number of hydrazone groups is 1. The maximum atomic E-state index is 11.7. The van der Waals surface area contributed by atoms with Crippen molar-refractivity contribution in [1.29, 1.82) is 0 Å². The molecule has 0 saturated heterocycles. The van der Waals surface area contributed by atoms with Crippen LogP contribution in [-0.2, 0) is 4.79 Å². The monoisotopic (exact) mass is 524 g/mol. The Balaban J connectivity index is 1.85. The molecule has 0 saturated carbocycles. The van der Waals surface area contributed by atoms with Crippen molar-refractivity contribution in [2.45, 2.75) is 4.90 Å². The third-order valence-electron chi connectivity index (χ3n) is 2.63. The zero-order chi connectivity index (χ0) is 16.8. The van der Waals surface area contributed by atoms with Crippen molar-refractivity contribution in [2.24, 2.45) is 5.10 Å². The van der Waals surface area contributed by atoms with E-state index >= 15 is 0 Å². The molecule has 0 bridgehead atoms. The van der Waals surface area contributed by atoms with Crippen molar-refractivity contribution < 1.29 is 9.90 Å². The summed E-state index contributed by atoms with van der Waals surface area (Å²) in [6, 6.07) is 10.8. The molecule has 0 radical (unpaired) electrons. The van der Waals surface area contributed by atoms with Crippen LogP contribution in [0.25, 0.3) is 0 Å². The molecule has 2 N–H and O–H groups in total. The molecule has 2 aromatic rings. The van der Waals surface area contributed by atoms with E-state index in [0.29, 0.717) is 13.1 Å².